The number of amides is 1. The number of carbonyl (C=O) groups excluding carboxylic acids is 1. The topological polar surface area (TPSA) is 74.6 Å². The van der Waals surface area contributed by atoms with Crippen molar-refractivity contribution in [2.24, 2.45) is 0 Å². The summed E-state index contributed by atoms with van der Waals surface area (Å²) < 4.78 is 10.4. The largest absolute Gasteiger partial charge is 0.493 e. The van der Waals surface area contributed by atoms with Gasteiger partial charge in [0, 0.05) is 30.2 Å². The molecule has 0 aromatic heterocycles. The number of nitriles is 1. The van der Waals surface area contributed by atoms with Gasteiger partial charge < -0.3 is 19.7 Å². The first-order valence-electron chi connectivity index (χ1n) is 8.51. The lowest BCUT2D eigenvalue weighted by molar-refractivity contribution is -0.112. The number of rotatable bonds is 7. The average molecular weight is 365 g/mol. The molecule has 0 radical (unpaired) electrons. The van der Waals surface area contributed by atoms with Crippen LogP contribution < -0.4 is 19.7 Å². The first-order chi connectivity index (χ1) is 13.0. The third-order valence-corrected chi connectivity index (χ3v) is 3.97. The van der Waals surface area contributed by atoms with E-state index in [1.807, 2.05) is 49.1 Å². The molecule has 1 N–H and O–H groups in total. The molecular formula is C21H23N3O3. The fraction of sp³-hybridized carbons (Fsp3) is 0.238. The molecule has 0 aliphatic rings. The van der Waals surface area contributed by atoms with Gasteiger partial charge in [-0.25, -0.2) is 0 Å². The number of ether oxygens (including phenoxy) is 2. The maximum absolute atomic E-state index is 12.5. The molecule has 0 atom stereocenters. The van der Waals surface area contributed by atoms with Crippen molar-refractivity contribution in [1.29, 1.82) is 5.26 Å². The van der Waals surface area contributed by atoms with E-state index < -0.39 is 5.91 Å². The molecule has 0 fully saturated rings. The maximum atomic E-state index is 12.5. The molecule has 2 aromatic carbocycles. The summed E-state index contributed by atoms with van der Waals surface area (Å²) in [6.45, 7) is 4.58. The van der Waals surface area contributed by atoms with Crippen LogP contribution in [0.15, 0.2) is 54.2 Å². The molecule has 2 aromatic rings. The van der Waals surface area contributed by atoms with Gasteiger partial charge >= 0.3 is 0 Å². The Morgan fingerprint density at radius 1 is 1.19 bits per heavy atom. The zero-order valence-electron chi connectivity index (χ0n) is 15.9. The molecule has 2 rings (SSSR count). The smallest absolute Gasteiger partial charge is 0.267 e. The van der Waals surface area contributed by atoms with Gasteiger partial charge in [0.25, 0.3) is 5.91 Å². The molecule has 0 bridgehead atoms. The Hall–Kier alpha value is -3.46. The number of methoxy groups -OCH3 is 2. The van der Waals surface area contributed by atoms with E-state index in [4.69, 9.17) is 9.47 Å². The van der Waals surface area contributed by atoms with E-state index in [2.05, 4.69) is 5.32 Å². The van der Waals surface area contributed by atoms with Crippen LogP contribution in [0.2, 0.25) is 0 Å². The Morgan fingerprint density at radius 3 is 2.52 bits per heavy atom. The Balaban J connectivity index is 2.24. The van der Waals surface area contributed by atoms with Gasteiger partial charge in [0.05, 0.1) is 14.2 Å². The summed E-state index contributed by atoms with van der Waals surface area (Å²) >= 11 is 0. The fourth-order valence-corrected chi connectivity index (χ4v) is 2.56. The molecule has 0 heterocycles. The maximum Gasteiger partial charge on any atom is 0.267 e. The highest BCUT2D eigenvalue weighted by molar-refractivity contribution is 6.06. The van der Waals surface area contributed by atoms with Gasteiger partial charge in [-0.05, 0) is 43.7 Å². The lowest BCUT2D eigenvalue weighted by Crippen LogP contribution is -2.20. The quantitative estimate of drug-likeness (QED) is 0.595. The molecule has 27 heavy (non-hydrogen) atoms. The molecule has 0 aliphatic heterocycles. The summed E-state index contributed by atoms with van der Waals surface area (Å²) in [5, 5.41) is 12.2. The normalized spacial score (nSPS) is 10.7. The highest BCUT2D eigenvalue weighted by atomic mass is 16.5. The van der Waals surface area contributed by atoms with Crippen molar-refractivity contribution >= 4 is 17.3 Å². The van der Waals surface area contributed by atoms with Crippen molar-refractivity contribution < 1.29 is 14.3 Å². The predicted molar refractivity (Wildman–Crippen MR) is 106 cm³/mol. The molecular weight excluding hydrogens is 342 g/mol. The van der Waals surface area contributed by atoms with Crippen LogP contribution in [-0.2, 0) is 4.79 Å². The third-order valence-electron chi connectivity index (χ3n) is 3.97. The number of benzene rings is 2. The Morgan fingerprint density at radius 2 is 1.93 bits per heavy atom. The monoisotopic (exact) mass is 365 g/mol. The van der Waals surface area contributed by atoms with E-state index in [-0.39, 0.29) is 5.57 Å². The van der Waals surface area contributed by atoms with Crippen molar-refractivity contribution in [3.05, 3.63) is 59.8 Å². The van der Waals surface area contributed by atoms with Crippen LogP contribution in [0, 0.1) is 18.3 Å². The molecule has 140 valence electrons. The summed E-state index contributed by atoms with van der Waals surface area (Å²) in [5.74, 6) is 0.562. The summed E-state index contributed by atoms with van der Waals surface area (Å²) in [4.78, 5) is 14.4. The van der Waals surface area contributed by atoms with Crippen LogP contribution in [0.4, 0.5) is 11.4 Å². The van der Waals surface area contributed by atoms with Crippen LogP contribution in [0.1, 0.15) is 12.5 Å². The minimum absolute atomic E-state index is 0.00754. The summed E-state index contributed by atoms with van der Waals surface area (Å²) in [6, 6.07) is 14.9. The Bertz CT molecular complexity index is 884. The summed E-state index contributed by atoms with van der Waals surface area (Å²) in [6.07, 6.45) is 1.56. The minimum atomic E-state index is -0.490. The first-order valence-corrected chi connectivity index (χ1v) is 8.51. The van der Waals surface area contributed by atoms with Gasteiger partial charge in [0.15, 0.2) is 11.5 Å². The molecule has 1 amide bonds. The van der Waals surface area contributed by atoms with Crippen molar-refractivity contribution in [1.82, 2.24) is 0 Å². The van der Waals surface area contributed by atoms with Gasteiger partial charge in [0.1, 0.15) is 11.6 Å². The highest BCUT2D eigenvalue weighted by Crippen LogP contribution is 2.30. The molecule has 6 heteroatoms. The van der Waals surface area contributed by atoms with Crippen LogP contribution in [0.5, 0.6) is 11.5 Å². The van der Waals surface area contributed by atoms with E-state index in [9.17, 15) is 10.1 Å². The summed E-state index contributed by atoms with van der Waals surface area (Å²) in [5.41, 5.74) is 2.54. The SMILES string of the molecule is CCN(/C=C(/C#N)C(=O)Nc1ccc(OC)c(OC)c1)c1cccc(C)c1. The van der Waals surface area contributed by atoms with Gasteiger partial charge in [-0.2, -0.15) is 5.26 Å². The number of hydrogen-bond acceptors (Lipinski definition) is 5. The van der Waals surface area contributed by atoms with E-state index in [0.717, 1.165) is 11.3 Å². The average Bonchev–Trinajstić information content (AvgIpc) is 2.68. The van der Waals surface area contributed by atoms with Gasteiger partial charge in [-0.1, -0.05) is 12.1 Å². The lowest BCUT2D eigenvalue weighted by atomic mass is 10.2. The minimum Gasteiger partial charge on any atom is -0.493 e. The number of hydrogen-bond donors (Lipinski definition) is 1. The third kappa shape index (κ3) is 5.02. The number of nitrogens with one attached hydrogen (secondary N) is 1. The molecule has 0 saturated carbocycles. The lowest BCUT2D eigenvalue weighted by Gasteiger charge is -2.19. The van der Waals surface area contributed by atoms with Crippen LogP contribution in [0.3, 0.4) is 0 Å². The second kappa shape index (κ2) is 9.30. The van der Waals surface area contributed by atoms with Crippen LogP contribution in [-0.4, -0.2) is 26.7 Å². The molecule has 0 saturated heterocycles. The highest BCUT2D eigenvalue weighted by Gasteiger charge is 2.13. The second-order valence-corrected chi connectivity index (χ2v) is 5.80. The first kappa shape index (κ1) is 19.9. The Kier molecular flexibility index (Phi) is 6.84. The molecule has 0 aliphatic carbocycles. The van der Waals surface area contributed by atoms with Crippen molar-refractivity contribution in [3.8, 4) is 17.6 Å². The molecule has 0 spiro atoms. The number of aryl methyl sites for hydroxylation is 1. The van der Waals surface area contributed by atoms with E-state index in [0.29, 0.717) is 23.7 Å². The van der Waals surface area contributed by atoms with Gasteiger partial charge in [-0.3, -0.25) is 4.79 Å². The number of carbonyl (C=O) groups is 1. The van der Waals surface area contributed by atoms with Gasteiger partial charge in [-0.15, -0.1) is 0 Å². The number of anilines is 2. The zero-order chi connectivity index (χ0) is 19.8. The van der Waals surface area contributed by atoms with Crippen LogP contribution >= 0.6 is 0 Å². The van der Waals surface area contributed by atoms with E-state index in [1.165, 1.54) is 14.2 Å². The van der Waals surface area contributed by atoms with Crippen molar-refractivity contribution in [2.75, 3.05) is 31.0 Å². The summed E-state index contributed by atoms with van der Waals surface area (Å²) in [7, 11) is 3.06. The number of nitrogens with zero attached hydrogens (tertiary/aromatic N) is 2. The second-order valence-electron chi connectivity index (χ2n) is 5.80. The van der Waals surface area contributed by atoms with E-state index >= 15 is 0 Å². The fourth-order valence-electron chi connectivity index (χ4n) is 2.56. The van der Waals surface area contributed by atoms with Crippen molar-refractivity contribution in [2.45, 2.75) is 13.8 Å². The zero-order valence-corrected chi connectivity index (χ0v) is 15.9. The van der Waals surface area contributed by atoms with Crippen LogP contribution in [0.25, 0.3) is 0 Å². The Labute approximate surface area is 159 Å². The van der Waals surface area contributed by atoms with Gasteiger partial charge in [0.2, 0.25) is 0 Å². The van der Waals surface area contributed by atoms with Crippen molar-refractivity contribution in [3.63, 3.8) is 0 Å². The molecule has 6 nitrogen and oxygen atoms in total. The van der Waals surface area contributed by atoms with E-state index in [1.54, 1.807) is 24.4 Å². The predicted octanol–water partition coefficient (Wildman–Crippen LogP) is 3.88. The standard InChI is InChI=1S/C21H23N3O3/c1-5-24(18-8-6-7-15(2)11-18)14-16(13-22)21(25)23-17-9-10-19(26-3)20(12-17)27-4/h6-12,14H,5H2,1-4H3,(H,23,25)/b16-14-. The molecule has 0 unspecified atom stereocenters.